The van der Waals surface area contributed by atoms with Crippen LogP contribution in [0.25, 0.3) is 10.9 Å². The number of ether oxygens (including phenoxy) is 1. The number of para-hydroxylation sites is 1. The number of nitrogens with zero attached hydrogens (tertiary/aromatic N) is 4. The van der Waals surface area contributed by atoms with E-state index in [-0.39, 0.29) is 23.8 Å². The lowest BCUT2D eigenvalue weighted by atomic mass is 10.0. The highest BCUT2D eigenvalue weighted by atomic mass is 16.6. The van der Waals surface area contributed by atoms with Crippen molar-refractivity contribution in [2.45, 2.75) is 13.0 Å². The summed E-state index contributed by atoms with van der Waals surface area (Å²) in [6.45, 7) is 1.90. The molecule has 2 N–H and O–H groups in total. The third-order valence-corrected chi connectivity index (χ3v) is 4.16. The Bertz CT molecular complexity index is 1050. The van der Waals surface area contributed by atoms with Crippen molar-refractivity contribution in [1.82, 2.24) is 14.8 Å². The van der Waals surface area contributed by atoms with Crippen LogP contribution in [0.4, 0.5) is 5.82 Å². The van der Waals surface area contributed by atoms with E-state index in [4.69, 9.17) is 4.74 Å². The summed E-state index contributed by atoms with van der Waals surface area (Å²) in [7, 11) is 0. The van der Waals surface area contributed by atoms with Gasteiger partial charge < -0.3 is 19.8 Å². The monoisotopic (exact) mass is 354 g/mol. The lowest BCUT2D eigenvalue weighted by Gasteiger charge is -2.19. The molecular formula is C16H14N6O4. The number of H-pyrrole nitrogens is 1. The van der Waals surface area contributed by atoms with Crippen LogP contribution in [0.2, 0.25) is 0 Å². The number of aromatic nitrogens is 3. The molecule has 0 aliphatic carbocycles. The van der Waals surface area contributed by atoms with Gasteiger partial charge >= 0.3 is 11.8 Å². The highest BCUT2D eigenvalue weighted by molar-refractivity contribution is 5.97. The van der Waals surface area contributed by atoms with E-state index in [0.29, 0.717) is 5.56 Å². The van der Waals surface area contributed by atoms with Gasteiger partial charge in [-0.25, -0.2) is 9.48 Å². The van der Waals surface area contributed by atoms with Crippen molar-refractivity contribution < 1.29 is 14.5 Å². The predicted molar refractivity (Wildman–Crippen MR) is 92.7 cm³/mol. The van der Waals surface area contributed by atoms with Crippen LogP contribution in [-0.4, -0.2) is 38.1 Å². The topological polar surface area (TPSA) is 127 Å². The number of carbonyl (C=O) groups is 1. The lowest BCUT2D eigenvalue weighted by Crippen LogP contribution is -2.33. The van der Waals surface area contributed by atoms with Gasteiger partial charge in [0.2, 0.25) is 0 Å². The quantitative estimate of drug-likeness (QED) is 0.421. The molecule has 0 saturated carbocycles. The molecule has 4 rings (SSSR count). The number of amidine groups is 1. The molecule has 0 radical (unpaired) electrons. The summed E-state index contributed by atoms with van der Waals surface area (Å²) >= 11 is 0. The number of hydrogen-bond donors (Lipinski definition) is 2. The molecule has 132 valence electrons. The molecule has 2 aromatic heterocycles. The molecule has 0 saturated heterocycles. The summed E-state index contributed by atoms with van der Waals surface area (Å²) in [6.07, 6.45) is 3.01. The van der Waals surface area contributed by atoms with Gasteiger partial charge in [-0.3, -0.25) is 0 Å². The Balaban J connectivity index is 1.89. The number of fused-ring (bicyclic) bond motifs is 2. The van der Waals surface area contributed by atoms with Gasteiger partial charge in [-0.15, -0.1) is 0 Å². The van der Waals surface area contributed by atoms with E-state index in [9.17, 15) is 14.9 Å². The Kier molecular flexibility index (Phi) is 3.64. The summed E-state index contributed by atoms with van der Waals surface area (Å²) in [5, 5.41) is 20.4. The van der Waals surface area contributed by atoms with Crippen LogP contribution in [0.5, 0.6) is 0 Å². The second kappa shape index (κ2) is 5.99. The van der Waals surface area contributed by atoms with Gasteiger partial charge in [0.25, 0.3) is 0 Å². The van der Waals surface area contributed by atoms with Gasteiger partial charge in [-0.05, 0) is 17.9 Å². The number of rotatable bonds is 3. The van der Waals surface area contributed by atoms with Crippen molar-refractivity contribution in [3.8, 4) is 0 Å². The van der Waals surface area contributed by atoms with Crippen LogP contribution in [0.15, 0.2) is 41.8 Å². The number of nitro groups is 1. The van der Waals surface area contributed by atoms with E-state index in [0.717, 1.165) is 10.9 Å². The predicted octanol–water partition coefficient (Wildman–Crippen LogP) is 2.15. The SMILES string of the molecule is CCOC(=O)c1cnn2c1NN=C([N+](=O)[O-])[C@@H]2c1c[nH]c2ccccc12. The Morgan fingerprint density at radius 1 is 1.42 bits per heavy atom. The Hall–Kier alpha value is -3.69. The number of anilines is 1. The highest BCUT2D eigenvalue weighted by Crippen LogP contribution is 2.34. The normalized spacial score (nSPS) is 15.9. The largest absolute Gasteiger partial charge is 0.462 e. The van der Waals surface area contributed by atoms with Crippen LogP contribution >= 0.6 is 0 Å². The molecule has 10 heteroatoms. The minimum atomic E-state index is -0.888. The summed E-state index contributed by atoms with van der Waals surface area (Å²) < 4.78 is 6.38. The van der Waals surface area contributed by atoms with Gasteiger partial charge in [0.05, 0.1) is 17.9 Å². The molecule has 1 aliphatic rings. The average molecular weight is 354 g/mol. The van der Waals surface area contributed by atoms with Crippen molar-refractivity contribution in [2.75, 3.05) is 12.0 Å². The maximum absolute atomic E-state index is 12.1. The van der Waals surface area contributed by atoms with Crippen molar-refractivity contribution in [1.29, 1.82) is 0 Å². The van der Waals surface area contributed by atoms with Crippen molar-refractivity contribution in [3.63, 3.8) is 0 Å². The summed E-state index contributed by atoms with van der Waals surface area (Å²) in [5.41, 5.74) is 4.20. The van der Waals surface area contributed by atoms with E-state index < -0.39 is 16.9 Å². The Labute approximate surface area is 146 Å². The Morgan fingerprint density at radius 3 is 3.00 bits per heavy atom. The molecule has 10 nitrogen and oxygen atoms in total. The van der Waals surface area contributed by atoms with Crippen LogP contribution in [-0.2, 0) is 4.74 Å². The van der Waals surface area contributed by atoms with Crippen molar-refractivity contribution in [3.05, 3.63) is 57.9 Å². The number of aromatic amines is 1. The zero-order chi connectivity index (χ0) is 18.3. The van der Waals surface area contributed by atoms with E-state index in [1.165, 1.54) is 10.9 Å². The van der Waals surface area contributed by atoms with Gasteiger partial charge in [0.15, 0.2) is 11.9 Å². The average Bonchev–Trinajstić information content (AvgIpc) is 3.25. The number of benzene rings is 1. The minimum absolute atomic E-state index is 0.169. The molecule has 1 atom stereocenters. The van der Waals surface area contributed by atoms with E-state index in [1.54, 1.807) is 13.1 Å². The second-order valence-electron chi connectivity index (χ2n) is 5.60. The Morgan fingerprint density at radius 2 is 2.23 bits per heavy atom. The van der Waals surface area contributed by atoms with Crippen molar-refractivity contribution >= 4 is 28.5 Å². The van der Waals surface area contributed by atoms with Gasteiger partial charge in [0.1, 0.15) is 5.56 Å². The summed E-state index contributed by atoms with van der Waals surface area (Å²) in [5.74, 6) is -0.635. The molecule has 0 amide bonds. The minimum Gasteiger partial charge on any atom is -0.462 e. The molecule has 0 fully saturated rings. The van der Waals surface area contributed by atoms with Crippen molar-refractivity contribution in [2.24, 2.45) is 5.10 Å². The number of hydrogen-bond acceptors (Lipinski definition) is 7. The van der Waals surface area contributed by atoms with Crippen LogP contribution < -0.4 is 5.43 Å². The first-order chi connectivity index (χ1) is 12.6. The first-order valence-electron chi connectivity index (χ1n) is 7.90. The van der Waals surface area contributed by atoms with Gasteiger partial charge in [-0.2, -0.15) is 10.5 Å². The number of carbonyl (C=O) groups excluding carboxylic acids is 1. The van der Waals surface area contributed by atoms with E-state index >= 15 is 0 Å². The zero-order valence-corrected chi connectivity index (χ0v) is 13.7. The standard InChI is InChI=1S/C16H14N6O4/c1-2-26-16(23)11-8-18-21-13(15(22(24)25)20-19-14(11)21)10-7-17-12-6-4-3-5-9(10)12/h3-8,13,17,19H,2H2,1H3/t13-/m0/s1. The lowest BCUT2D eigenvalue weighted by molar-refractivity contribution is -0.355. The van der Waals surface area contributed by atoms with Crippen LogP contribution in [0.1, 0.15) is 28.9 Å². The van der Waals surface area contributed by atoms with E-state index in [1.807, 2.05) is 24.3 Å². The molecule has 1 aromatic carbocycles. The molecular weight excluding hydrogens is 340 g/mol. The first-order valence-corrected chi connectivity index (χ1v) is 7.90. The molecule has 3 aromatic rings. The maximum Gasteiger partial charge on any atom is 0.393 e. The van der Waals surface area contributed by atoms with Gasteiger partial charge in [-0.1, -0.05) is 18.2 Å². The third kappa shape index (κ3) is 2.31. The number of esters is 1. The fourth-order valence-corrected chi connectivity index (χ4v) is 3.04. The van der Waals surface area contributed by atoms with E-state index in [2.05, 4.69) is 20.6 Å². The highest BCUT2D eigenvalue weighted by Gasteiger charge is 2.40. The molecule has 3 heterocycles. The molecule has 0 spiro atoms. The summed E-state index contributed by atoms with van der Waals surface area (Å²) in [6, 6.07) is 6.55. The zero-order valence-electron chi connectivity index (χ0n) is 13.7. The van der Waals surface area contributed by atoms with Crippen LogP contribution in [0.3, 0.4) is 0 Å². The maximum atomic E-state index is 12.1. The molecule has 0 unspecified atom stereocenters. The molecule has 26 heavy (non-hydrogen) atoms. The third-order valence-electron chi connectivity index (χ3n) is 4.16. The fourth-order valence-electron chi connectivity index (χ4n) is 3.04. The number of hydrazone groups is 1. The van der Waals surface area contributed by atoms with Gasteiger partial charge in [0, 0.05) is 22.7 Å². The second-order valence-corrected chi connectivity index (χ2v) is 5.60. The fraction of sp³-hybridized carbons (Fsp3) is 0.188. The summed E-state index contributed by atoms with van der Waals surface area (Å²) in [4.78, 5) is 26.2. The molecule has 0 bridgehead atoms. The smallest absolute Gasteiger partial charge is 0.393 e. The number of nitrogens with one attached hydrogen (secondary N) is 2. The first kappa shape index (κ1) is 15.8. The van der Waals surface area contributed by atoms with Crippen LogP contribution in [0, 0.1) is 10.1 Å². The molecule has 1 aliphatic heterocycles.